The van der Waals surface area contributed by atoms with E-state index in [0.717, 1.165) is 12.1 Å². The van der Waals surface area contributed by atoms with E-state index in [1.165, 1.54) is 12.2 Å². The van der Waals surface area contributed by atoms with Gasteiger partial charge in [0, 0.05) is 0 Å². The van der Waals surface area contributed by atoms with E-state index < -0.39 is 13.1 Å². The third-order valence-corrected chi connectivity index (χ3v) is 1.03. The molecule has 4 nitrogen and oxygen atoms in total. The number of carbonyl (C=O) groups is 1. The number of rotatable bonds is 4. The maximum absolute atomic E-state index is 10.3. The predicted molar refractivity (Wildman–Crippen MR) is 45.2 cm³/mol. The van der Waals surface area contributed by atoms with Gasteiger partial charge in [-0.25, -0.2) is 4.79 Å². The average molecular weight is 168 g/mol. The molecule has 0 aromatic carbocycles. The SMILES string of the molecule is C=C/C(=C\C=C\B(O)O)C(=O)O. The van der Waals surface area contributed by atoms with Gasteiger partial charge in [0.05, 0.1) is 5.57 Å². The first kappa shape index (κ1) is 10.7. The number of hydrogen-bond acceptors (Lipinski definition) is 3. The van der Waals surface area contributed by atoms with Gasteiger partial charge in [-0.2, -0.15) is 0 Å². The molecule has 5 heteroatoms. The van der Waals surface area contributed by atoms with Gasteiger partial charge >= 0.3 is 13.1 Å². The molecule has 0 radical (unpaired) electrons. The molecule has 0 spiro atoms. The van der Waals surface area contributed by atoms with Crippen LogP contribution in [0.3, 0.4) is 0 Å². The maximum Gasteiger partial charge on any atom is 0.480 e. The molecule has 12 heavy (non-hydrogen) atoms. The van der Waals surface area contributed by atoms with Gasteiger partial charge in [-0.3, -0.25) is 0 Å². The molecule has 3 N–H and O–H groups in total. The van der Waals surface area contributed by atoms with Crippen LogP contribution in [0.2, 0.25) is 0 Å². The highest BCUT2D eigenvalue weighted by molar-refractivity contribution is 6.47. The molecular weight excluding hydrogens is 159 g/mol. The summed E-state index contributed by atoms with van der Waals surface area (Å²) < 4.78 is 0. The molecule has 0 bridgehead atoms. The van der Waals surface area contributed by atoms with Crippen LogP contribution >= 0.6 is 0 Å². The smallest absolute Gasteiger partial charge is 0.478 e. The van der Waals surface area contributed by atoms with Crippen molar-refractivity contribution in [2.75, 3.05) is 0 Å². The lowest BCUT2D eigenvalue weighted by atomic mass is 9.91. The Bertz CT molecular complexity index is 230. The molecule has 0 aromatic rings. The summed E-state index contributed by atoms with van der Waals surface area (Å²) in [6.45, 7) is 3.27. The van der Waals surface area contributed by atoms with E-state index in [1.807, 2.05) is 0 Å². The van der Waals surface area contributed by atoms with E-state index in [4.69, 9.17) is 15.2 Å². The van der Waals surface area contributed by atoms with Crippen LogP contribution in [0.15, 0.2) is 36.4 Å². The molecule has 0 aliphatic carbocycles. The quantitative estimate of drug-likeness (QED) is 0.307. The number of hydrogen-bond donors (Lipinski definition) is 3. The molecule has 0 atom stereocenters. The zero-order valence-electron chi connectivity index (χ0n) is 6.34. The van der Waals surface area contributed by atoms with Crippen LogP contribution in [0.5, 0.6) is 0 Å². The minimum atomic E-state index is -1.57. The van der Waals surface area contributed by atoms with Gasteiger partial charge in [0.1, 0.15) is 0 Å². The number of carboxylic acid groups (broad SMARTS) is 1. The highest BCUT2D eigenvalue weighted by atomic mass is 16.4. The largest absolute Gasteiger partial charge is 0.480 e. The minimum Gasteiger partial charge on any atom is -0.478 e. The molecular formula is C7H9BO4. The molecule has 0 saturated carbocycles. The summed E-state index contributed by atoms with van der Waals surface area (Å²) in [5, 5.41) is 25.1. The molecule has 0 amide bonds. The van der Waals surface area contributed by atoms with Crippen LogP contribution in [-0.2, 0) is 4.79 Å². The fourth-order valence-electron chi connectivity index (χ4n) is 0.485. The lowest BCUT2D eigenvalue weighted by Gasteiger charge is -1.89. The summed E-state index contributed by atoms with van der Waals surface area (Å²) in [6.07, 6.45) is 3.61. The highest BCUT2D eigenvalue weighted by Crippen LogP contribution is 1.95. The zero-order chi connectivity index (χ0) is 9.56. The summed E-state index contributed by atoms with van der Waals surface area (Å²) in [6, 6.07) is 0. The summed E-state index contributed by atoms with van der Waals surface area (Å²) in [4.78, 5) is 10.3. The van der Waals surface area contributed by atoms with E-state index >= 15 is 0 Å². The first-order valence-corrected chi connectivity index (χ1v) is 3.18. The van der Waals surface area contributed by atoms with Crippen LogP contribution < -0.4 is 0 Å². The van der Waals surface area contributed by atoms with Gasteiger partial charge in [-0.1, -0.05) is 24.7 Å². The topological polar surface area (TPSA) is 77.8 Å². The first-order chi connectivity index (χ1) is 5.57. The summed E-state index contributed by atoms with van der Waals surface area (Å²) in [5.41, 5.74) is -0.00750. The molecule has 0 heterocycles. The molecule has 0 aliphatic rings. The van der Waals surface area contributed by atoms with Crippen LogP contribution in [-0.4, -0.2) is 28.2 Å². The van der Waals surface area contributed by atoms with Gasteiger partial charge in [-0.15, -0.1) is 0 Å². The Kier molecular flexibility index (Phi) is 4.75. The van der Waals surface area contributed by atoms with Gasteiger partial charge in [0.2, 0.25) is 0 Å². The molecule has 0 saturated heterocycles. The molecule has 0 aliphatic heterocycles. The van der Waals surface area contributed by atoms with Crippen molar-refractivity contribution in [3.63, 3.8) is 0 Å². The van der Waals surface area contributed by atoms with Crippen molar-refractivity contribution in [1.29, 1.82) is 0 Å². The monoisotopic (exact) mass is 168 g/mol. The summed E-state index contributed by atoms with van der Waals surface area (Å²) in [5.74, 6) is -0.0750. The Hall–Kier alpha value is -1.33. The molecule has 0 fully saturated rings. The van der Waals surface area contributed by atoms with E-state index in [9.17, 15) is 4.79 Å². The predicted octanol–water partition coefficient (Wildman–Crippen LogP) is -0.248. The second-order valence-electron chi connectivity index (χ2n) is 1.93. The summed E-state index contributed by atoms with van der Waals surface area (Å²) in [7, 11) is -1.57. The minimum absolute atomic E-state index is 0.00750. The van der Waals surface area contributed by atoms with Crippen LogP contribution in [0, 0.1) is 0 Å². The van der Waals surface area contributed by atoms with E-state index in [1.54, 1.807) is 0 Å². The fourth-order valence-corrected chi connectivity index (χ4v) is 0.485. The van der Waals surface area contributed by atoms with Crippen molar-refractivity contribution >= 4 is 13.1 Å². The van der Waals surface area contributed by atoms with Crippen molar-refractivity contribution in [1.82, 2.24) is 0 Å². The molecule has 0 rings (SSSR count). The number of carboxylic acids is 1. The first-order valence-electron chi connectivity index (χ1n) is 3.18. The highest BCUT2D eigenvalue weighted by Gasteiger charge is 2.00. The van der Waals surface area contributed by atoms with Gasteiger partial charge in [0.15, 0.2) is 0 Å². The second kappa shape index (κ2) is 5.34. The number of allylic oxidation sites excluding steroid dienone is 2. The maximum atomic E-state index is 10.3. The summed E-state index contributed by atoms with van der Waals surface area (Å²) >= 11 is 0. The fraction of sp³-hybridized carbons (Fsp3) is 0. The van der Waals surface area contributed by atoms with Crippen molar-refractivity contribution < 1.29 is 19.9 Å². The second-order valence-corrected chi connectivity index (χ2v) is 1.93. The van der Waals surface area contributed by atoms with E-state index in [2.05, 4.69) is 6.58 Å². The standard InChI is InChI=1S/C7H9BO4/c1-2-6(7(9)10)4-3-5-8(11)12/h2-5,11-12H,1H2,(H,9,10)/b5-3+,6-4+. The molecule has 0 aromatic heterocycles. The van der Waals surface area contributed by atoms with Crippen molar-refractivity contribution in [3.05, 3.63) is 36.4 Å². The van der Waals surface area contributed by atoms with Crippen LogP contribution in [0.25, 0.3) is 0 Å². The van der Waals surface area contributed by atoms with Gasteiger partial charge in [0.25, 0.3) is 0 Å². The van der Waals surface area contributed by atoms with Crippen molar-refractivity contribution in [2.45, 2.75) is 0 Å². The van der Waals surface area contributed by atoms with Crippen LogP contribution in [0.1, 0.15) is 0 Å². The Balaban J connectivity index is 4.31. The van der Waals surface area contributed by atoms with Crippen LogP contribution in [0.4, 0.5) is 0 Å². The Morgan fingerprint density at radius 3 is 2.33 bits per heavy atom. The Morgan fingerprint density at radius 2 is 2.00 bits per heavy atom. The lowest BCUT2D eigenvalue weighted by molar-refractivity contribution is -0.132. The van der Waals surface area contributed by atoms with Crippen molar-refractivity contribution in [3.8, 4) is 0 Å². The zero-order valence-corrected chi connectivity index (χ0v) is 6.34. The van der Waals surface area contributed by atoms with E-state index in [0.29, 0.717) is 0 Å². The van der Waals surface area contributed by atoms with Gasteiger partial charge in [-0.05, 0) is 6.08 Å². The molecule has 0 unspecified atom stereocenters. The van der Waals surface area contributed by atoms with Gasteiger partial charge < -0.3 is 15.2 Å². The Labute approximate surface area is 70.3 Å². The normalized spacial score (nSPS) is 11.7. The van der Waals surface area contributed by atoms with Crippen molar-refractivity contribution in [2.24, 2.45) is 0 Å². The molecule has 64 valence electrons. The third kappa shape index (κ3) is 4.48. The Morgan fingerprint density at radius 1 is 1.42 bits per heavy atom. The number of aliphatic carboxylic acids is 1. The average Bonchev–Trinajstić information content (AvgIpc) is 1.96. The third-order valence-electron chi connectivity index (χ3n) is 1.03. The van der Waals surface area contributed by atoms with E-state index in [-0.39, 0.29) is 5.57 Å². The lowest BCUT2D eigenvalue weighted by Crippen LogP contribution is -2.05.